The highest BCUT2D eigenvalue weighted by Crippen LogP contribution is 2.22. The van der Waals surface area contributed by atoms with Gasteiger partial charge in [-0.3, -0.25) is 0 Å². The van der Waals surface area contributed by atoms with Gasteiger partial charge in [-0.15, -0.1) is 0 Å². The number of ether oxygens (including phenoxy) is 2. The maximum atomic E-state index is 5.21. The normalized spacial score (nSPS) is 12.6. The molecule has 0 saturated heterocycles. The molecule has 6 nitrogen and oxygen atoms in total. The molecule has 1 aromatic heterocycles. The van der Waals surface area contributed by atoms with E-state index in [-0.39, 0.29) is 0 Å². The molecule has 0 aliphatic heterocycles. The monoisotopic (exact) mass is 254 g/mol. The fourth-order valence-electron chi connectivity index (χ4n) is 1.47. The maximum Gasteiger partial charge on any atom is 0.224 e. The summed E-state index contributed by atoms with van der Waals surface area (Å²) in [6.45, 7) is 3.64. The van der Waals surface area contributed by atoms with Crippen molar-refractivity contribution in [3.05, 3.63) is 11.9 Å². The summed E-state index contributed by atoms with van der Waals surface area (Å²) >= 11 is 0. The van der Waals surface area contributed by atoms with Gasteiger partial charge in [0.1, 0.15) is 6.33 Å². The van der Waals surface area contributed by atoms with Gasteiger partial charge >= 0.3 is 0 Å². The van der Waals surface area contributed by atoms with Crippen molar-refractivity contribution in [3.63, 3.8) is 0 Å². The van der Waals surface area contributed by atoms with Crippen LogP contribution in [-0.2, 0) is 6.54 Å². The number of rotatable bonds is 7. The molecule has 102 valence electrons. The molecule has 18 heavy (non-hydrogen) atoms. The first-order valence-corrected chi connectivity index (χ1v) is 5.89. The summed E-state index contributed by atoms with van der Waals surface area (Å²) in [5, 5.41) is 3.35. The summed E-state index contributed by atoms with van der Waals surface area (Å²) < 4.78 is 10.4. The zero-order valence-corrected chi connectivity index (χ0v) is 11.7. The van der Waals surface area contributed by atoms with Crippen LogP contribution in [0, 0.1) is 0 Å². The molecule has 0 saturated carbocycles. The van der Waals surface area contributed by atoms with Crippen LogP contribution in [0.2, 0.25) is 0 Å². The molecule has 0 bridgehead atoms. The molecule has 0 spiro atoms. The first-order valence-electron chi connectivity index (χ1n) is 5.89. The number of methoxy groups -OCH3 is 2. The molecular weight excluding hydrogens is 232 g/mol. The minimum absolute atomic E-state index is 0.451. The van der Waals surface area contributed by atoms with Crippen LogP contribution in [0.4, 0.5) is 0 Å². The van der Waals surface area contributed by atoms with Crippen LogP contribution in [0.15, 0.2) is 6.33 Å². The predicted molar refractivity (Wildman–Crippen MR) is 70.0 cm³/mol. The van der Waals surface area contributed by atoms with Gasteiger partial charge in [-0.05, 0) is 21.0 Å². The highest BCUT2D eigenvalue weighted by atomic mass is 16.5. The fourth-order valence-corrected chi connectivity index (χ4v) is 1.47. The minimum Gasteiger partial charge on any atom is -0.481 e. The third kappa shape index (κ3) is 3.82. The summed E-state index contributed by atoms with van der Waals surface area (Å²) in [6, 6.07) is 0.451. The lowest BCUT2D eigenvalue weighted by molar-refractivity contribution is 0.300. The Labute approximate surface area is 108 Å². The number of nitrogens with one attached hydrogen (secondary N) is 1. The standard InChI is InChI=1S/C12H22N4O2/c1-9(16(2)3)6-13-7-10-11(17-4)14-8-15-12(10)18-5/h8-9,13H,6-7H2,1-5H3. The van der Waals surface area contributed by atoms with Crippen molar-refractivity contribution in [1.29, 1.82) is 0 Å². The molecule has 1 N–H and O–H groups in total. The predicted octanol–water partition coefficient (Wildman–Crippen LogP) is 0.534. The van der Waals surface area contributed by atoms with Crippen molar-refractivity contribution in [1.82, 2.24) is 20.2 Å². The van der Waals surface area contributed by atoms with Crippen LogP contribution in [0.5, 0.6) is 11.8 Å². The Morgan fingerprint density at radius 1 is 1.22 bits per heavy atom. The molecular formula is C12H22N4O2. The molecule has 0 aliphatic rings. The number of nitrogens with zero attached hydrogens (tertiary/aromatic N) is 3. The number of likely N-dealkylation sites (N-methyl/N-ethyl adjacent to an activating group) is 1. The van der Waals surface area contributed by atoms with E-state index < -0.39 is 0 Å². The van der Waals surface area contributed by atoms with E-state index >= 15 is 0 Å². The summed E-state index contributed by atoms with van der Waals surface area (Å²) in [7, 11) is 7.29. The second kappa shape index (κ2) is 7.13. The van der Waals surface area contributed by atoms with Crippen LogP contribution >= 0.6 is 0 Å². The van der Waals surface area contributed by atoms with E-state index in [1.54, 1.807) is 14.2 Å². The molecule has 0 aliphatic carbocycles. The topological polar surface area (TPSA) is 59.5 Å². The molecule has 0 fully saturated rings. The highest BCUT2D eigenvalue weighted by Gasteiger charge is 2.13. The minimum atomic E-state index is 0.451. The smallest absolute Gasteiger partial charge is 0.224 e. The van der Waals surface area contributed by atoms with Crippen LogP contribution < -0.4 is 14.8 Å². The maximum absolute atomic E-state index is 5.21. The third-order valence-electron chi connectivity index (χ3n) is 2.88. The molecule has 1 rings (SSSR count). The number of hydrogen-bond donors (Lipinski definition) is 1. The van der Waals surface area contributed by atoms with Gasteiger partial charge in [0.2, 0.25) is 11.8 Å². The molecule has 6 heteroatoms. The van der Waals surface area contributed by atoms with Crippen molar-refractivity contribution < 1.29 is 9.47 Å². The fraction of sp³-hybridized carbons (Fsp3) is 0.667. The third-order valence-corrected chi connectivity index (χ3v) is 2.88. The zero-order valence-electron chi connectivity index (χ0n) is 11.7. The van der Waals surface area contributed by atoms with Crippen molar-refractivity contribution in [3.8, 4) is 11.8 Å². The lowest BCUT2D eigenvalue weighted by Gasteiger charge is -2.20. The van der Waals surface area contributed by atoms with E-state index in [2.05, 4.69) is 41.2 Å². The Hall–Kier alpha value is -1.40. The summed E-state index contributed by atoms with van der Waals surface area (Å²) in [4.78, 5) is 10.3. The largest absolute Gasteiger partial charge is 0.481 e. The van der Waals surface area contributed by atoms with Crippen molar-refractivity contribution in [2.45, 2.75) is 19.5 Å². The molecule has 0 radical (unpaired) electrons. The summed E-state index contributed by atoms with van der Waals surface area (Å²) in [5.41, 5.74) is 0.841. The first kappa shape index (κ1) is 14.7. The molecule has 0 aromatic carbocycles. The average molecular weight is 254 g/mol. The first-order chi connectivity index (χ1) is 8.60. The molecule has 1 unspecified atom stereocenters. The SMILES string of the molecule is COc1ncnc(OC)c1CNCC(C)N(C)C. The van der Waals surface area contributed by atoms with Crippen molar-refractivity contribution in [2.75, 3.05) is 34.9 Å². The second-order valence-electron chi connectivity index (χ2n) is 4.31. The van der Waals surface area contributed by atoms with Crippen LogP contribution in [-0.4, -0.2) is 55.8 Å². The van der Waals surface area contributed by atoms with Gasteiger partial charge in [0, 0.05) is 19.1 Å². The van der Waals surface area contributed by atoms with Crippen LogP contribution in [0.3, 0.4) is 0 Å². The van der Waals surface area contributed by atoms with E-state index in [0.29, 0.717) is 24.3 Å². The van der Waals surface area contributed by atoms with E-state index in [9.17, 15) is 0 Å². The van der Waals surface area contributed by atoms with Gasteiger partial charge in [-0.1, -0.05) is 0 Å². The van der Waals surface area contributed by atoms with E-state index in [1.807, 2.05) is 0 Å². The average Bonchev–Trinajstić information content (AvgIpc) is 2.38. The van der Waals surface area contributed by atoms with Crippen LogP contribution in [0.1, 0.15) is 12.5 Å². The van der Waals surface area contributed by atoms with Gasteiger partial charge in [-0.2, -0.15) is 0 Å². The zero-order chi connectivity index (χ0) is 13.5. The second-order valence-corrected chi connectivity index (χ2v) is 4.31. The highest BCUT2D eigenvalue weighted by molar-refractivity contribution is 5.34. The van der Waals surface area contributed by atoms with Gasteiger partial charge in [-0.25, -0.2) is 9.97 Å². The number of aromatic nitrogens is 2. The summed E-state index contributed by atoms with van der Waals surface area (Å²) in [6.07, 6.45) is 1.43. The van der Waals surface area contributed by atoms with Gasteiger partial charge in [0.25, 0.3) is 0 Å². The van der Waals surface area contributed by atoms with E-state index in [0.717, 1.165) is 12.1 Å². The molecule has 0 amide bonds. The van der Waals surface area contributed by atoms with Crippen molar-refractivity contribution >= 4 is 0 Å². The van der Waals surface area contributed by atoms with E-state index in [4.69, 9.17) is 9.47 Å². The Balaban J connectivity index is 2.65. The molecule has 1 atom stereocenters. The lowest BCUT2D eigenvalue weighted by atomic mass is 10.2. The number of hydrogen-bond acceptors (Lipinski definition) is 6. The van der Waals surface area contributed by atoms with Crippen LogP contribution in [0.25, 0.3) is 0 Å². The van der Waals surface area contributed by atoms with Gasteiger partial charge in [0.05, 0.1) is 19.8 Å². The Morgan fingerprint density at radius 2 is 1.78 bits per heavy atom. The summed E-state index contributed by atoms with van der Waals surface area (Å²) in [5.74, 6) is 1.10. The van der Waals surface area contributed by atoms with Crippen molar-refractivity contribution in [2.24, 2.45) is 0 Å². The molecule has 1 aromatic rings. The quantitative estimate of drug-likeness (QED) is 0.766. The Morgan fingerprint density at radius 3 is 2.22 bits per heavy atom. The van der Waals surface area contributed by atoms with Gasteiger partial charge < -0.3 is 19.7 Å². The van der Waals surface area contributed by atoms with Gasteiger partial charge in [0.15, 0.2) is 0 Å². The van der Waals surface area contributed by atoms with E-state index in [1.165, 1.54) is 6.33 Å². The molecule has 1 heterocycles. The Bertz CT molecular complexity index is 349. The Kier molecular flexibility index (Phi) is 5.80. The lowest BCUT2D eigenvalue weighted by Crippen LogP contribution is -2.35.